The van der Waals surface area contributed by atoms with Gasteiger partial charge in [-0.2, -0.15) is 5.26 Å². The first kappa shape index (κ1) is 24.0. The van der Waals surface area contributed by atoms with Gasteiger partial charge >= 0.3 is 0 Å². The number of nitrogens with zero attached hydrogens (tertiary/aromatic N) is 6. The monoisotopic (exact) mass is 495 g/mol. The van der Waals surface area contributed by atoms with E-state index in [0.717, 1.165) is 50.2 Å². The van der Waals surface area contributed by atoms with Crippen molar-refractivity contribution in [3.63, 3.8) is 0 Å². The lowest BCUT2D eigenvalue weighted by Crippen LogP contribution is -2.50. The first-order valence-corrected chi connectivity index (χ1v) is 13.8. The number of hydrogen-bond donors (Lipinski definition) is 1. The highest BCUT2D eigenvalue weighted by atomic mass is 15.3. The topological polar surface area (TPSA) is 86.5 Å². The minimum atomic E-state index is 0.137. The maximum atomic E-state index is 8.92. The van der Waals surface area contributed by atoms with Crippen LogP contribution in [0.2, 0.25) is 0 Å². The Morgan fingerprint density at radius 3 is 2.41 bits per heavy atom. The Labute approximate surface area is 219 Å². The summed E-state index contributed by atoms with van der Waals surface area (Å²) in [7, 11) is 0. The lowest BCUT2D eigenvalue weighted by Gasteiger charge is -2.45. The smallest absolute Gasteiger partial charge is 0.209 e. The summed E-state index contributed by atoms with van der Waals surface area (Å²) in [6.45, 7) is 4.99. The molecule has 192 valence electrons. The molecule has 0 unspecified atom stereocenters. The number of guanidine groups is 1. The van der Waals surface area contributed by atoms with Gasteiger partial charge in [-0.25, -0.2) is 4.98 Å². The molecule has 7 heteroatoms. The standard InChI is InChI=1S/C30H37N7/c1-22-34-27-9-5-6-10-28(27)37(22)26-19-24-11-12-25(20-26)36(24)18-15-30(23-7-3-2-4-8-23)13-16-35(17-14-30)29(32)33-21-31/h2-10,24-26H,11-20H2,1H3,(H2,32,33)/t24-,25+,26+. The first-order valence-electron chi connectivity index (χ1n) is 13.8. The normalized spacial score (nSPS) is 25.9. The highest BCUT2D eigenvalue weighted by Crippen LogP contribution is 2.45. The number of benzene rings is 2. The van der Waals surface area contributed by atoms with Crippen molar-refractivity contribution in [1.29, 1.82) is 5.26 Å². The van der Waals surface area contributed by atoms with Crippen LogP contribution in [0.4, 0.5) is 0 Å². The van der Waals surface area contributed by atoms with Crippen LogP contribution in [0.1, 0.15) is 62.4 Å². The van der Waals surface area contributed by atoms with Gasteiger partial charge in [-0.1, -0.05) is 42.5 Å². The Bertz CT molecular complexity index is 1300. The molecule has 0 amide bonds. The molecule has 3 saturated heterocycles. The van der Waals surface area contributed by atoms with Gasteiger partial charge in [0.05, 0.1) is 11.0 Å². The van der Waals surface area contributed by atoms with Gasteiger partial charge in [0.25, 0.3) is 0 Å². The fourth-order valence-corrected chi connectivity index (χ4v) is 7.55. The van der Waals surface area contributed by atoms with Crippen molar-refractivity contribution in [3.8, 4) is 6.19 Å². The summed E-state index contributed by atoms with van der Waals surface area (Å²) >= 11 is 0. The minimum absolute atomic E-state index is 0.137. The summed E-state index contributed by atoms with van der Waals surface area (Å²) in [6.07, 6.45) is 10.1. The molecule has 6 rings (SSSR count). The number of nitrogens with two attached hydrogens (primary N) is 1. The van der Waals surface area contributed by atoms with Crippen LogP contribution < -0.4 is 5.73 Å². The number of aromatic nitrogens is 2. The Hall–Kier alpha value is -3.37. The number of nitriles is 1. The fourth-order valence-electron chi connectivity index (χ4n) is 7.55. The molecule has 0 saturated carbocycles. The van der Waals surface area contributed by atoms with E-state index in [9.17, 15) is 0 Å². The van der Waals surface area contributed by atoms with Crippen molar-refractivity contribution in [2.45, 2.75) is 75.4 Å². The van der Waals surface area contributed by atoms with Crippen molar-refractivity contribution >= 4 is 17.0 Å². The van der Waals surface area contributed by atoms with Crippen LogP contribution in [0, 0.1) is 18.4 Å². The van der Waals surface area contributed by atoms with Gasteiger partial charge in [0.1, 0.15) is 5.82 Å². The molecule has 1 aromatic heterocycles. The lowest BCUT2D eigenvalue weighted by molar-refractivity contribution is 0.0888. The molecule has 7 nitrogen and oxygen atoms in total. The highest BCUT2D eigenvalue weighted by Gasteiger charge is 2.44. The van der Waals surface area contributed by atoms with E-state index in [1.54, 1.807) is 0 Å². The van der Waals surface area contributed by atoms with E-state index >= 15 is 0 Å². The summed E-state index contributed by atoms with van der Waals surface area (Å²) in [5.74, 6) is 1.50. The summed E-state index contributed by atoms with van der Waals surface area (Å²) in [6, 6.07) is 21.5. The van der Waals surface area contributed by atoms with Gasteiger partial charge < -0.3 is 15.2 Å². The van der Waals surface area contributed by atoms with Crippen molar-refractivity contribution in [2.24, 2.45) is 10.7 Å². The molecule has 3 atom stereocenters. The summed E-state index contributed by atoms with van der Waals surface area (Å²) in [4.78, 5) is 13.5. The molecular weight excluding hydrogens is 458 g/mol. The van der Waals surface area contributed by atoms with E-state index in [0.29, 0.717) is 24.1 Å². The number of hydrogen-bond acceptors (Lipinski definition) is 4. The molecule has 2 N–H and O–H groups in total. The Balaban J connectivity index is 1.18. The number of fused-ring (bicyclic) bond motifs is 3. The molecule has 3 fully saturated rings. The molecule has 3 aromatic rings. The van der Waals surface area contributed by atoms with Crippen LogP contribution in [0.5, 0.6) is 0 Å². The highest BCUT2D eigenvalue weighted by molar-refractivity contribution is 5.79. The minimum Gasteiger partial charge on any atom is -0.369 e. The maximum Gasteiger partial charge on any atom is 0.209 e. The van der Waals surface area contributed by atoms with Crippen LogP contribution in [0.15, 0.2) is 59.6 Å². The average Bonchev–Trinajstić information content (AvgIpc) is 3.39. The molecule has 0 aliphatic carbocycles. The number of aliphatic imine (C=N–C) groups is 1. The molecule has 3 aliphatic rings. The van der Waals surface area contributed by atoms with E-state index in [4.69, 9.17) is 16.0 Å². The molecule has 2 bridgehead atoms. The predicted molar refractivity (Wildman–Crippen MR) is 147 cm³/mol. The largest absolute Gasteiger partial charge is 0.369 e. The van der Waals surface area contributed by atoms with Crippen LogP contribution in [0.3, 0.4) is 0 Å². The van der Waals surface area contributed by atoms with Gasteiger partial charge in [-0.15, -0.1) is 4.99 Å². The van der Waals surface area contributed by atoms with Crippen molar-refractivity contribution in [3.05, 3.63) is 66.0 Å². The van der Waals surface area contributed by atoms with Gasteiger partial charge in [0.15, 0.2) is 0 Å². The van der Waals surface area contributed by atoms with Gasteiger partial charge in [0.2, 0.25) is 12.2 Å². The van der Waals surface area contributed by atoms with Crippen molar-refractivity contribution in [1.82, 2.24) is 19.4 Å². The van der Waals surface area contributed by atoms with Crippen molar-refractivity contribution < 1.29 is 0 Å². The van der Waals surface area contributed by atoms with E-state index in [1.165, 1.54) is 36.8 Å². The second-order valence-corrected chi connectivity index (χ2v) is 11.2. The number of likely N-dealkylation sites (tertiary alicyclic amines) is 1. The lowest BCUT2D eigenvalue weighted by atomic mass is 9.70. The Kier molecular flexibility index (Phi) is 6.37. The quantitative estimate of drug-likeness (QED) is 0.314. The molecule has 2 aromatic carbocycles. The number of imidazole rings is 1. The Morgan fingerprint density at radius 1 is 1.03 bits per heavy atom. The van der Waals surface area contributed by atoms with Crippen molar-refractivity contribution in [2.75, 3.05) is 19.6 Å². The molecule has 3 aliphatic heterocycles. The molecular formula is C30H37N7. The van der Waals surface area contributed by atoms with Gasteiger partial charge in [-0.05, 0) is 81.5 Å². The van der Waals surface area contributed by atoms with Gasteiger partial charge in [0, 0.05) is 31.2 Å². The van der Waals surface area contributed by atoms with E-state index in [1.807, 2.05) is 6.19 Å². The van der Waals surface area contributed by atoms with Crippen LogP contribution in [0.25, 0.3) is 11.0 Å². The molecule has 0 radical (unpaired) electrons. The maximum absolute atomic E-state index is 8.92. The number of rotatable bonds is 5. The van der Waals surface area contributed by atoms with E-state index < -0.39 is 0 Å². The summed E-state index contributed by atoms with van der Waals surface area (Å²) in [5, 5.41) is 8.92. The fraction of sp³-hybridized carbons (Fsp3) is 0.500. The average molecular weight is 496 g/mol. The molecule has 37 heavy (non-hydrogen) atoms. The third kappa shape index (κ3) is 4.38. The molecule has 4 heterocycles. The van der Waals surface area contributed by atoms with Crippen LogP contribution in [-0.4, -0.2) is 57.0 Å². The third-order valence-corrected chi connectivity index (χ3v) is 9.44. The zero-order valence-corrected chi connectivity index (χ0v) is 21.8. The van der Waals surface area contributed by atoms with E-state index in [2.05, 4.69) is 80.9 Å². The third-order valence-electron chi connectivity index (χ3n) is 9.44. The number of para-hydroxylation sites is 2. The second-order valence-electron chi connectivity index (χ2n) is 11.2. The second kappa shape index (κ2) is 9.83. The zero-order chi connectivity index (χ0) is 25.4. The Morgan fingerprint density at radius 2 is 1.70 bits per heavy atom. The zero-order valence-electron chi connectivity index (χ0n) is 21.8. The predicted octanol–water partition coefficient (Wildman–Crippen LogP) is 4.73. The number of aryl methyl sites for hydroxylation is 1. The van der Waals surface area contributed by atoms with E-state index in [-0.39, 0.29) is 5.41 Å². The van der Waals surface area contributed by atoms with Gasteiger partial charge in [-0.3, -0.25) is 4.90 Å². The SMILES string of the molecule is Cc1nc2ccccc2n1[C@H]1C[C@H]2CC[C@@H](C1)N2CCC1(c2ccccc2)CCN(/C(N)=N/C#N)CC1. The molecule has 0 spiro atoms. The number of piperidine rings is 2. The van der Waals surface area contributed by atoms with Crippen LogP contribution >= 0.6 is 0 Å². The van der Waals surface area contributed by atoms with Crippen LogP contribution in [-0.2, 0) is 5.41 Å². The summed E-state index contributed by atoms with van der Waals surface area (Å²) in [5.41, 5.74) is 10.0. The summed E-state index contributed by atoms with van der Waals surface area (Å²) < 4.78 is 2.52. The first-order chi connectivity index (χ1) is 18.1.